The molecular weight excluding hydrogens is 288 g/mol. The number of unbranched alkanes of at least 4 members (excludes halogenated alkanes) is 8. The van der Waals surface area contributed by atoms with E-state index in [1.807, 2.05) is 0 Å². The van der Waals surface area contributed by atoms with Crippen molar-refractivity contribution in [2.75, 3.05) is 0 Å². The van der Waals surface area contributed by atoms with Gasteiger partial charge >= 0.3 is 0 Å². The largest absolute Gasteiger partial charge is 0.0882 e. The van der Waals surface area contributed by atoms with Crippen LogP contribution in [0, 0.1) is 11.8 Å². The molecule has 2 rings (SSSR count). The summed E-state index contributed by atoms with van der Waals surface area (Å²) in [5.74, 6) is 1.87. The summed E-state index contributed by atoms with van der Waals surface area (Å²) in [6, 6.07) is 0. The second-order valence-electron chi connectivity index (χ2n) is 7.94. The molecular formula is C24H44. The fourth-order valence-electron chi connectivity index (χ4n) is 3.89. The van der Waals surface area contributed by atoms with E-state index in [-0.39, 0.29) is 0 Å². The van der Waals surface area contributed by atoms with Crippen molar-refractivity contribution in [3.63, 3.8) is 0 Å². The van der Waals surface area contributed by atoms with E-state index >= 15 is 0 Å². The van der Waals surface area contributed by atoms with Gasteiger partial charge in [-0.2, -0.15) is 0 Å². The van der Waals surface area contributed by atoms with E-state index < -0.39 is 0 Å². The molecule has 0 heterocycles. The van der Waals surface area contributed by atoms with Crippen molar-refractivity contribution in [2.45, 2.75) is 117 Å². The highest BCUT2D eigenvalue weighted by Crippen LogP contribution is 2.23. The molecule has 0 amide bonds. The van der Waals surface area contributed by atoms with E-state index in [2.05, 4.69) is 38.2 Å². The Balaban J connectivity index is 0.000000240. The lowest BCUT2D eigenvalue weighted by molar-refractivity contribution is 0.517. The maximum Gasteiger partial charge on any atom is -0.0231 e. The maximum absolute atomic E-state index is 2.42. The Morgan fingerprint density at radius 2 is 1.00 bits per heavy atom. The quantitative estimate of drug-likeness (QED) is 0.248. The van der Waals surface area contributed by atoms with Crippen molar-refractivity contribution in [1.29, 1.82) is 0 Å². The molecule has 0 aromatic heterocycles. The predicted octanol–water partition coefficient (Wildman–Crippen LogP) is 8.63. The van der Waals surface area contributed by atoms with E-state index in [9.17, 15) is 0 Å². The molecule has 2 aliphatic carbocycles. The summed E-state index contributed by atoms with van der Waals surface area (Å²) >= 11 is 0. The molecule has 24 heavy (non-hydrogen) atoms. The monoisotopic (exact) mass is 332 g/mol. The molecule has 0 bridgehead atoms. The predicted molar refractivity (Wildman–Crippen MR) is 110 cm³/mol. The second kappa shape index (κ2) is 16.0. The van der Waals surface area contributed by atoms with Crippen LogP contribution in [-0.2, 0) is 0 Å². The lowest BCUT2D eigenvalue weighted by Gasteiger charge is -2.05. The van der Waals surface area contributed by atoms with Crippen LogP contribution in [-0.4, -0.2) is 0 Å². The van der Waals surface area contributed by atoms with Gasteiger partial charge in [-0.1, -0.05) is 102 Å². The molecule has 0 aromatic carbocycles. The maximum atomic E-state index is 2.42. The highest BCUT2D eigenvalue weighted by molar-refractivity contribution is 4.96. The summed E-state index contributed by atoms with van der Waals surface area (Å²) < 4.78 is 0. The Hall–Kier alpha value is -0.520. The average molecular weight is 333 g/mol. The number of hydrogen-bond acceptors (Lipinski definition) is 0. The molecule has 0 N–H and O–H groups in total. The molecule has 0 heteroatoms. The smallest absolute Gasteiger partial charge is 0.0231 e. The molecule has 0 nitrogen and oxygen atoms in total. The van der Waals surface area contributed by atoms with Crippen molar-refractivity contribution in [3.8, 4) is 0 Å². The van der Waals surface area contributed by atoms with Crippen LogP contribution in [0.3, 0.4) is 0 Å². The molecule has 2 unspecified atom stereocenters. The fourth-order valence-corrected chi connectivity index (χ4v) is 3.89. The highest BCUT2D eigenvalue weighted by Gasteiger charge is 2.08. The van der Waals surface area contributed by atoms with E-state index in [1.165, 1.54) is 103 Å². The molecule has 2 atom stereocenters. The lowest BCUT2D eigenvalue weighted by Crippen LogP contribution is -1.91. The standard InChI is InChI=1S/2C12H22/c2*1-2-3-4-5-6-9-12-10-7-8-11-12/h2*7,10,12H,2-6,8-9,11H2,1H3. The van der Waals surface area contributed by atoms with Crippen LogP contribution in [0.2, 0.25) is 0 Å². The first kappa shape index (κ1) is 21.5. The normalized spacial score (nSPS) is 21.9. The van der Waals surface area contributed by atoms with E-state index in [0.29, 0.717) is 0 Å². The molecule has 0 radical (unpaired) electrons. The summed E-state index contributed by atoms with van der Waals surface area (Å²) in [5, 5.41) is 0. The van der Waals surface area contributed by atoms with Crippen molar-refractivity contribution in [1.82, 2.24) is 0 Å². The van der Waals surface area contributed by atoms with Gasteiger partial charge < -0.3 is 0 Å². The Labute approximate surface area is 153 Å². The van der Waals surface area contributed by atoms with Gasteiger partial charge in [0.15, 0.2) is 0 Å². The lowest BCUT2D eigenvalue weighted by atomic mass is 10.0. The molecule has 0 fully saturated rings. The van der Waals surface area contributed by atoms with Crippen LogP contribution in [0.25, 0.3) is 0 Å². The minimum atomic E-state index is 0.937. The topological polar surface area (TPSA) is 0 Å². The SMILES string of the molecule is CCCCCCCC1C=CCC1.CCCCCCCC1C=CCC1. The zero-order valence-electron chi connectivity index (χ0n) is 16.8. The van der Waals surface area contributed by atoms with Crippen LogP contribution in [0.1, 0.15) is 117 Å². The van der Waals surface area contributed by atoms with Crippen LogP contribution >= 0.6 is 0 Å². The summed E-state index contributed by atoms with van der Waals surface area (Å²) in [4.78, 5) is 0. The molecule has 2 aliphatic rings. The van der Waals surface area contributed by atoms with Gasteiger partial charge in [-0.25, -0.2) is 0 Å². The first-order chi connectivity index (χ1) is 11.9. The Morgan fingerprint density at radius 3 is 1.33 bits per heavy atom. The van der Waals surface area contributed by atoms with Gasteiger partial charge in [0.25, 0.3) is 0 Å². The Morgan fingerprint density at radius 1 is 0.583 bits per heavy atom. The van der Waals surface area contributed by atoms with Crippen LogP contribution in [0.15, 0.2) is 24.3 Å². The van der Waals surface area contributed by atoms with Gasteiger partial charge in [0.2, 0.25) is 0 Å². The van der Waals surface area contributed by atoms with Crippen molar-refractivity contribution in [3.05, 3.63) is 24.3 Å². The molecule has 140 valence electrons. The third-order valence-electron chi connectivity index (χ3n) is 5.58. The molecule has 0 aliphatic heterocycles. The Bertz CT molecular complexity index is 280. The number of allylic oxidation sites excluding steroid dienone is 4. The van der Waals surface area contributed by atoms with Crippen molar-refractivity contribution >= 4 is 0 Å². The van der Waals surface area contributed by atoms with Gasteiger partial charge in [0.05, 0.1) is 0 Å². The van der Waals surface area contributed by atoms with E-state index in [0.717, 1.165) is 11.8 Å². The number of hydrogen-bond donors (Lipinski definition) is 0. The molecule has 0 saturated carbocycles. The third-order valence-corrected chi connectivity index (χ3v) is 5.58. The minimum Gasteiger partial charge on any atom is -0.0882 e. The van der Waals surface area contributed by atoms with Crippen molar-refractivity contribution in [2.24, 2.45) is 11.8 Å². The van der Waals surface area contributed by atoms with Crippen LogP contribution < -0.4 is 0 Å². The van der Waals surface area contributed by atoms with Gasteiger partial charge in [0, 0.05) is 0 Å². The summed E-state index contributed by atoms with van der Waals surface area (Å²) in [6.07, 6.45) is 32.2. The summed E-state index contributed by atoms with van der Waals surface area (Å²) in [7, 11) is 0. The average Bonchev–Trinajstić information content (AvgIpc) is 3.29. The fraction of sp³-hybridized carbons (Fsp3) is 0.833. The van der Waals surface area contributed by atoms with Gasteiger partial charge in [-0.15, -0.1) is 0 Å². The zero-order chi connectivity index (χ0) is 17.3. The number of rotatable bonds is 12. The molecule has 0 spiro atoms. The first-order valence-electron chi connectivity index (χ1n) is 11.2. The zero-order valence-corrected chi connectivity index (χ0v) is 16.8. The van der Waals surface area contributed by atoms with Crippen LogP contribution in [0.4, 0.5) is 0 Å². The van der Waals surface area contributed by atoms with E-state index in [4.69, 9.17) is 0 Å². The van der Waals surface area contributed by atoms with Crippen LogP contribution in [0.5, 0.6) is 0 Å². The second-order valence-corrected chi connectivity index (χ2v) is 7.94. The van der Waals surface area contributed by atoms with Gasteiger partial charge in [-0.3, -0.25) is 0 Å². The molecule has 0 aromatic rings. The highest BCUT2D eigenvalue weighted by atomic mass is 14.1. The van der Waals surface area contributed by atoms with Crippen molar-refractivity contribution < 1.29 is 0 Å². The summed E-state index contributed by atoms with van der Waals surface area (Å²) in [6.45, 7) is 4.55. The Kier molecular flexibility index (Phi) is 14.3. The van der Waals surface area contributed by atoms with E-state index in [1.54, 1.807) is 0 Å². The third kappa shape index (κ3) is 11.9. The minimum absolute atomic E-state index is 0.937. The first-order valence-corrected chi connectivity index (χ1v) is 11.2. The summed E-state index contributed by atoms with van der Waals surface area (Å²) in [5.41, 5.74) is 0. The van der Waals surface area contributed by atoms with Gasteiger partial charge in [-0.05, 0) is 50.4 Å². The van der Waals surface area contributed by atoms with Gasteiger partial charge in [0.1, 0.15) is 0 Å². The molecule has 0 saturated heterocycles.